The van der Waals surface area contributed by atoms with E-state index >= 15 is 0 Å². The summed E-state index contributed by atoms with van der Waals surface area (Å²) < 4.78 is 11.5. The van der Waals surface area contributed by atoms with Crippen LogP contribution in [0.5, 0.6) is 11.5 Å². The number of carbonyl (C=O) groups is 1. The smallest absolute Gasteiger partial charge is 0.342 e. The zero-order valence-corrected chi connectivity index (χ0v) is 21.4. The summed E-state index contributed by atoms with van der Waals surface area (Å²) in [6.07, 6.45) is 3.03. The van der Waals surface area contributed by atoms with Gasteiger partial charge in [-0.05, 0) is 48.8 Å². The second kappa shape index (κ2) is 8.44. The first-order chi connectivity index (χ1) is 15.4. The molecule has 2 bridgehead atoms. The quantitative estimate of drug-likeness (QED) is 0.336. The van der Waals surface area contributed by atoms with Crippen molar-refractivity contribution in [3.05, 3.63) is 50.0 Å². The third kappa shape index (κ3) is 3.82. The number of anilines is 1. The molecule has 0 amide bonds. The monoisotopic (exact) mass is 511 g/mol. The van der Waals surface area contributed by atoms with Gasteiger partial charge in [0, 0.05) is 33.0 Å². The fraction of sp³-hybridized carbons (Fsp3) is 0.480. The van der Waals surface area contributed by atoms with Crippen LogP contribution in [-0.4, -0.2) is 24.3 Å². The van der Waals surface area contributed by atoms with Gasteiger partial charge in [-0.15, -0.1) is 0 Å². The maximum absolute atomic E-state index is 13.2. The van der Waals surface area contributed by atoms with Crippen molar-refractivity contribution in [3.8, 4) is 11.5 Å². The Morgan fingerprint density at radius 3 is 2.45 bits per heavy atom. The van der Waals surface area contributed by atoms with Crippen LogP contribution >= 0.6 is 34.8 Å². The van der Waals surface area contributed by atoms with Crippen molar-refractivity contribution in [2.75, 3.05) is 12.8 Å². The number of rotatable bonds is 5. The Balaban J connectivity index is 1.65. The first-order valence-corrected chi connectivity index (χ1v) is 12.1. The summed E-state index contributed by atoms with van der Waals surface area (Å²) in [4.78, 5) is 13.2. The fourth-order valence-corrected chi connectivity index (χ4v) is 6.50. The summed E-state index contributed by atoms with van der Waals surface area (Å²) in [7, 11) is 1.44. The molecule has 0 aliphatic heterocycles. The van der Waals surface area contributed by atoms with Crippen molar-refractivity contribution < 1.29 is 19.4 Å². The molecule has 4 rings (SSSR count). The van der Waals surface area contributed by atoms with Crippen LogP contribution in [0.4, 0.5) is 5.69 Å². The Kier molecular flexibility index (Phi) is 6.22. The van der Waals surface area contributed by atoms with E-state index < -0.39 is 5.97 Å². The highest BCUT2D eigenvalue weighted by Gasteiger charge is 2.63. The van der Waals surface area contributed by atoms with Crippen LogP contribution in [0.2, 0.25) is 15.1 Å². The second-order valence-corrected chi connectivity index (χ2v) is 11.2. The van der Waals surface area contributed by atoms with E-state index in [0.29, 0.717) is 22.1 Å². The third-order valence-corrected chi connectivity index (χ3v) is 9.08. The third-order valence-electron chi connectivity index (χ3n) is 8.24. The van der Waals surface area contributed by atoms with Gasteiger partial charge in [0.05, 0.1) is 17.8 Å². The number of phenolic OH excluding ortho intramolecular Hbond substituents is 1. The molecule has 2 saturated carbocycles. The lowest BCUT2D eigenvalue weighted by molar-refractivity contribution is -0.0244. The van der Waals surface area contributed by atoms with Crippen LogP contribution in [0.15, 0.2) is 18.2 Å². The number of nitrogens with two attached hydrogens (primary N) is 1. The van der Waals surface area contributed by atoms with Crippen LogP contribution < -0.4 is 10.5 Å². The molecule has 8 heteroatoms. The lowest BCUT2D eigenvalue weighted by Gasteiger charge is -2.38. The average molecular weight is 513 g/mol. The molecule has 2 fully saturated rings. The Hall–Kier alpha value is -1.82. The maximum atomic E-state index is 13.2. The first kappa shape index (κ1) is 24.3. The van der Waals surface area contributed by atoms with Gasteiger partial charge >= 0.3 is 5.97 Å². The number of carbonyl (C=O) groups excluding carboxylic acids is 1. The van der Waals surface area contributed by atoms with E-state index in [0.717, 1.165) is 19.3 Å². The number of aromatic hydroxyl groups is 1. The number of nitrogen functional groups attached to an aromatic ring is 1. The molecule has 3 atom stereocenters. The molecule has 3 N–H and O–H groups in total. The lowest BCUT2D eigenvalue weighted by Crippen LogP contribution is -2.38. The van der Waals surface area contributed by atoms with Gasteiger partial charge in [-0.2, -0.15) is 0 Å². The van der Waals surface area contributed by atoms with Crippen molar-refractivity contribution >= 4 is 46.5 Å². The summed E-state index contributed by atoms with van der Waals surface area (Å²) in [6.45, 7) is 6.74. The molecular weight excluding hydrogens is 485 g/mol. The number of fused-ring (bicyclic) bond motifs is 2. The van der Waals surface area contributed by atoms with Gasteiger partial charge in [-0.1, -0.05) is 55.6 Å². The van der Waals surface area contributed by atoms with Crippen LogP contribution in [-0.2, 0) is 11.2 Å². The molecule has 5 nitrogen and oxygen atoms in total. The molecule has 3 unspecified atom stereocenters. The van der Waals surface area contributed by atoms with Crippen molar-refractivity contribution in [2.45, 2.75) is 52.6 Å². The number of hydrogen-bond acceptors (Lipinski definition) is 5. The normalized spacial score (nSPS) is 25.3. The Morgan fingerprint density at radius 2 is 1.88 bits per heavy atom. The molecule has 2 aliphatic carbocycles. The summed E-state index contributed by atoms with van der Waals surface area (Å²) in [6, 6.07) is 4.55. The molecule has 0 saturated heterocycles. The number of ether oxygens (including phenoxy) is 2. The van der Waals surface area contributed by atoms with Crippen LogP contribution in [0.3, 0.4) is 0 Å². The standard InChI is InChI=1S/C25H28Cl3NO4/c1-24(2)13-5-6-25(24,3)19(9-13)33-23(31)16-11-17(27)15(20(29)22(16)32-4)8-12-7-14(26)10-18(28)21(12)30/h7,10-11,13,19,30H,5-6,8-9,29H2,1-4H3. The predicted octanol–water partition coefficient (Wildman–Crippen LogP) is 6.91. The van der Waals surface area contributed by atoms with Crippen LogP contribution in [0.25, 0.3) is 0 Å². The molecule has 0 spiro atoms. The number of halogens is 3. The highest BCUT2D eigenvalue weighted by Crippen LogP contribution is 2.66. The minimum absolute atomic E-state index is 0.0702. The highest BCUT2D eigenvalue weighted by atomic mass is 35.5. The molecular formula is C25H28Cl3NO4. The van der Waals surface area contributed by atoms with Gasteiger partial charge in [0.25, 0.3) is 0 Å². The lowest BCUT2D eigenvalue weighted by atomic mass is 9.70. The van der Waals surface area contributed by atoms with Crippen LogP contribution in [0.1, 0.15) is 61.5 Å². The van der Waals surface area contributed by atoms with E-state index in [-0.39, 0.29) is 56.1 Å². The minimum atomic E-state index is -0.504. The number of phenols is 1. The zero-order valence-electron chi connectivity index (χ0n) is 19.1. The molecule has 2 aromatic rings. The van der Waals surface area contributed by atoms with E-state index in [9.17, 15) is 9.90 Å². The Bertz CT molecular complexity index is 1130. The van der Waals surface area contributed by atoms with Gasteiger partial charge in [-0.3, -0.25) is 0 Å². The molecule has 0 radical (unpaired) electrons. The molecule has 33 heavy (non-hydrogen) atoms. The SMILES string of the molecule is COc1c(C(=O)OC2CC3CCC2(C)C3(C)C)cc(Cl)c(Cc2cc(Cl)cc(Cl)c2O)c1N. The van der Waals surface area contributed by atoms with Gasteiger partial charge in [-0.25, -0.2) is 4.79 Å². The summed E-state index contributed by atoms with van der Waals surface area (Å²) in [5.74, 6) is 0.122. The van der Waals surface area contributed by atoms with Gasteiger partial charge in [0.2, 0.25) is 0 Å². The average Bonchev–Trinajstić information content (AvgIpc) is 3.07. The predicted molar refractivity (Wildman–Crippen MR) is 132 cm³/mol. The maximum Gasteiger partial charge on any atom is 0.342 e. The minimum Gasteiger partial charge on any atom is -0.506 e. The number of hydrogen-bond donors (Lipinski definition) is 2. The van der Waals surface area contributed by atoms with Crippen LogP contribution in [0, 0.1) is 16.7 Å². The fourth-order valence-electron chi connectivity index (χ4n) is 5.69. The van der Waals surface area contributed by atoms with E-state index in [2.05, 4.69) is 20.8 Å². The highest BCUT2D eigenvalue weighted by molar-refractivity contribution is 6.35. The van der Waals surface area contributed by atoms with Gasteiger partial charge in [0.1, 0.15) is 17.4 Å². The Labute approximate surface area is 209 Å². The largest absolute Gasteiger partial charge is 0.506 e. The number of esters is 1. The summed E-state index contributed by atoms with van der Waals surface area (Å²) >= 11 is 18.7. The molecule has 2 aliphatic rings. The van der Waals surface area contributed by atoms with Crippen molar-refractivity contribution in [1.29, 1.82) is 0 Å². The van der Waals surface area contributed by atoms with Crippen molar-refractivity contribution in [1.82, 2.24) is 0 Å². The number of methoxy groups -OCH3 is 1. The van der Waals surface area contributed by atoms with Gasteiger partial charge < -0.3 is 20.3 Å². The van der Waals surface area contributed by atoms with Crippen molar-refractivity contribution in [2.24, 2.45) is 16.7 Å². The molecule has 0 aromatic heterocycles. The van der Waals surface area contributed by atoms with Crippen molar-refractivity contribution in [3.63, 3.8) is 0 Å². The molecule has 178 valence electrons. The summed E-state index contributed by atoms with van der Waals surface area (Å²) in [5.41, 5.74) is 7.75. The Morgan fingerprint density at radius 1 is 1.18 bits per heavy atom. The molecule has 2 aromatic carbocycles. The number of benzene rings is 2. The molecule has 0 heterocycles. The topological polar surface area (TPSA) is 81.8 Å². The first-order valence-electron chi connectivity index (χ1n) is 10.9. The zero-order chi connectivity index (χ0) is 24.3. The second-order valence-electron chi connectivity index (χ2n) is 9.91. The van der Waals surface area contributed by atoms with E-state index in [1.807, 2.05) is 0 Å². The van der Waals surface area contributed by atoms with E-state index in [1.165, 1.54) is 19.2 Å². The summed E-state index contributed by atoms with van der Waals surface area (Å²) in [5, 5.41) is 11.1. The van der Waals surface area contributed by atoms with Gasteiger partial charge in [0.15, 0.2) is 5.75 Å². The van der Waals surface area contributed by atoms with E-state index in [1.54, 1.807) is 6.07 Å². The van der Waals surface area contributed by atoms with E-state index in [4.69, 9.17) is 50.0 Å².